The lowest BCUT2D eigenvalue weighted by Crippen LogP contribution is -2.29. The number of hydrogen-bond acceptors (Lipinski definition) is 6. The average Bonchev–Trinajstić information content (AvgIpc) is 3.25. The van der Waals surface area contributed by atoms with Crippen molar-refractivity contribution in [1.29, 1.82) is 0 Å². The van der Waals surface area contributed by atoms with Crippen molar-refractivity contribution >= 4 is 11.6 Å². The molecule has 8 nitrogen and oxygen atoms in total. The zero-order chi connectivity index (χ0) is 19.2. The molecule has 1 aromatic carbocycles. The molecule has 3 heterocycles. The van der Waals surface area contributed by atoms with E-state index >= 15 is 0 Å². The molecule has 2 N–H and O–H groups in total. The van der Waals surface area contributed by atoms with Crippen LogP contribution in [0.5, 0.6) is 5.75 Å². The summed E-state index contributed by atoms with van der Waals surface area (Å²) in [6, 6.07) is 7.74. The SMILES string of the molecule is O=C(Nc1ccc(OCC2CCOCC2)cc1)c1cn(C2CCNCC2)nn1. The monoisotopic (exact) mass is 385 g/mol. The number of aromatic nitrogens is 3. The van der Waals surface area contributed by atoms with Crippen LogP contribution in [0.3, 0.4) is 0 Å². The number of hydrogen-bond donors (Lipinski definition) is 2. The Morgan fingerprint density at radius 1 is 1.18 bits per heavy atom. The lowest BCUT2D eigenvalue weighted by Gasteiger charge is -2.22. The smallest absolute Gasteiger partial charge is 0.277 e. The van der Waals surface area contributed by atoms with Gasteiger partial charge in [-0.15, -0.1) is 5.10 Å². The van der Waals surface area contributed by atoms with Gasteiger partial charge in [-0.05, 0) is 69.0 Å². The summed E-state index contributed by atoms with van der Waals surface area (Å²) in [6.45, 7) is 4.28. The third kappa shape index (κ3) is 4.88. The molecule has 4 rings (SSSR count). The van der Waals surface area contributed by atoms with E-state index in [0.29, 0.717) is 29.9 Å². The van der Waals surface area contributed by atoms with Crippen molar-refractivity contribution in [3.05, 3.63) is 36.2 Å². The number of anilines is 1. The normalized spacial score (nSPS) is 18.7. The highest BCUT2D eigenvalue weighted by molar-refractivity contribution is 6.02. The number of carbonyl (C=O) groups is 1. The molecule has 28 heavy (non-hydrogen) atoms. The van der Waals surface area contributed by atoms with Gasteiger partial charge in [-0.25, -0.2) is 4.68 Å². The summed E-state index contributed by atoms with van der Waals surface area (Å²) in [5.74, 6) is 1.10. The lowest BCUT2D eigenvalue weighted by molar-refractivity contribution is 0.0497. The minimum absolute atomic E-state index is 0.254. The van der Waals surface area contributed by atoms with Gasteiger partial charge < -0.3 is 20.1 Å². The summed E-state index contributed by atoms with van der Waals surface area (Å²) in [6.07, 6.45) is 5.83. The van der Waals surface area contributed by atoms with Crippen LogP contribution in [-0.4, -0.2) is 53.8 Å². The van der Waals surface area contributed by atoms with Gasteiger partial charge in [-0.1, -0.05) is 5.21 Å². The molecule has 2 fully saturated rings. The van der Waals surface area contributed by atoms with Crippen LogP contribution in [0.25, 0.3) is 0 Å². The maximum Gasteiger partial charge on any atom is 0.277 e. The van der Waals surface area contributed by atoms with Crippen molar-refractivity contribution in [1.82, 2.24) is 20.3 Å². The van der Waals surface area contributed by atoms with E-state index in [1.165, 1.54) is 0 Å². The van der Waals surface area contributed by atoms with Gasteiger partial charge in [0.2, 0.25) is 0 Å². The van der Waals surface area contributed by atoms with Gasteiger partial charge in [0.1, 0.15) is 5.75 Å². The number of carbonyl (C=O) groups excluding carboxylic acids is 1. The molecule has 0 radical (unpaired) electrons. The Hall–Kier alpha value is -2.45. The molecule has 0 unspecified atom stereocenters. The number of rotatable bonds is 6. The van der Waals surface area contributed by atoms with E-state index in [2.05, 4.69) is 20.9 Å². The number of nitrogens with zero attached hydrogens (tertiary/aromatic N) is 3. The third-order valence-corrected chi connectivity index (χ3v) is 5.36. The minimum atomic E-state index is -0.254. The number of ether oxygens (including phenoxy) is 2. The molecule has 0 atom stereocenters. The van der Waals surface area contributed by atoms with Crippen LogP contribution < -0.4 is 15.4 Å². The van der Waals surface area contributed by atoms with Crippen molar-refractivity contribution in [2.45, 2.75) is 31.7 Å². The molecule has 2 aliphatic heterocycles. The van der Waals surface area contributed by atoms with Crippen LogP contribution in [0, 0.1) is 5.92 Å². The summed E-state index contributed by atoms with van der Waals surface area (Å²) in [5, 5.41) is 14.4. The molecule has 1 aromatic heterocycles. The van der Waals surface area contributed by atoms with Crippen LogP contribution in [0.2, 0.25) is 0 Å². The van der Waals surface area contributed by atoms with Gasteiger partial charge in [0.25, 0.3) is 5.91 Å². The summed E-state index contributed by atoms with van der Waals surface area (Å²) < 4.78 is 13.0. The quantitative estimate of drug-likeness (QED) is 0.793. The predicted octanol–water partition coefficient (Wildman–Crippen LogP) is 2.26. The van der Waals surface area contributed by atoms with Crippen molar-refractivity contribution in [3.8, 4) is 5.75 Å². The molecular weight excluding hydrogens is 358 g/mol. The Balaban J connectivity index is 1.28. The maximum absolute atomic E-state index is 12.4. The molecular formula is C20H27N5O3. The van der Waals surface area contributed by atoms with Crippen molar-refractivity contribution in [2.75, 3.05) is 38.2 Å². The number of benzene rings is 1. The van der Waals surface area contributed by atoms with E-state index in [9.17, 15) is 4.79 Å². The second-order valence-electron chi connectivity index (χ2n) is 7.41. The standard InChI is InChI=1S/C20H27N5O3/c26-20(19-13-25(24-23-19)17-5-9-21-10-6-17)22-16-1-3-18(4-2-16)28-14-15-7-11-27-12-8-15/h1-4,13,15,17,21H,5-12,14H2,(H,22,26). The van der Waals surface area contributed by atoms with Gasteiger partial charge >= 0.3 is 0 Å². The van der Waals surface area contributed by atoms with E-state index < -0.39 is 0 Å². The second-order valence-corrected chi connectivity index (χ2v) is 7.41. The van der Waals surface area contributed by atoms with Gasteiger partial charge in [0, 0.05) is 18.9 Å². The van der Waals surface area contributed by atoms with Crippen LogP contribution in [-0.2, 0) is 4.74 Å². The van der Waals surface area contributed by atoms with Crippen molar-refractivity contribution < 1.29 is 14.3 Å². The summed E-state index contributed by atoms with van der Waals surface area (Å²) in [4.78, 5) is 12.4. The molecule has 0 spiro atoms. The highest BCUT2D eigenvalue weighted by atomic mass is 16.5. The molecule has 2 aliphatic rings. The van der Waals surface area contributed by atoms with Gasteiger partial charge in [0.05, 0.1) is 18.8 Å². The average molecular weight is 385 g/mol. The second kappa shape index (κ2) is 9.16. The van der Waals surface area contributed by atoms with E-state index in [-0.39, 0.29) is 5.91 Å². The topological polar surface area (TPSA) is 90.3 Å². The molecule has 150 valence electrons. The number of amides is 1. The Morgan fingerprint density at radius 2 is 1.93 bits per heavy atom. The fourth-order valence-corrected chi connectivity index (χ4v) is 3.59. The fourth-order valence-electron chi connectivity index (χ4n) is 3.59. The Bertz CT molecular complexity index is 764. The zero-order valence-corrected chi connectivity index (χ0v) is 16.0. The highest BCUT2D eigenvalue weighted by Crippen LogP contribution is 2.21. The fraction of sp³-hybridized carbons (Fsp3) is 0.550. The zero-order valence-electron chi connectivity index (χ0n) is 16.0. The largest absolute Gasteiger partial charge is 0.493 e. The summed E-state index contributed by atoms with van der Waals surface area (Å²) in [7, 11) is 0. The molecule has 2 aromatic rings. The van der Waals surface area contributed by atoms with Gasteiger partial charge in [-0.2, -0.15) is 0 Å². The third-order valence-electron chi connectivity index (χ3n) is 5.36. The molecule has 1 amide bonds. The Morgan fingerprint density at radius 3 is 2.68 bits per heavy atom. The number of nitrogens with one attached hydrogen (secondary N) is 2. The predicted molar refractivity (Wildman–Crippen MR) is 105 cm³/mol. The van der Waals surface area contributed by atoms with Crippen LogP contribution in [0.1, 0.15) is 42.2 Å². The summed E-state index contributed by atoms with van der Waals surface area (Å²) >= 11 is 0. The first-order valence-corrected chi connectivity index (χ1v) is 10.0. The Kier molecular flexibility index (Phi) is 6.18. The molecule has 0 aliphatic carbocycles. The molecule has 2 saturated heterocycles. The highest BCUT2D eigenvalue weighted by Gasteiger charge is 2.19. The van der Waals surface area contributed by atoms with Crippen molar-refractivity contribution in [2.24, 2.45) is 5.92 Å². The first-order valence-electron chi connectivity index (χ1n) is 10.0. The number of piperidine rings is 1. The molecule has 8 heteroatoms. The van der Waals surface area contributed by atoms with E-state index in [0.717, 1.165) is 57.7 Å². The van der Waals surface area contributed by atoms with Crippen LogP contribution >= 0.6 is 0 Å². The lowest BCUT2D eigenvalue weighted by atomic mass is 10.0. The van der Waals surface area contributed by atoms with E-state index in [4.69, 9.17) is 9.47 Å². The Labute approximate surface area is 164 Å². The van der Waals surface area contributed by atoms with Gasteiger partial charge in [-0.3, -0.25) is 4.79 Å². The van der Waals surface area contributed by atoms with Crippen molar-refractivity contribution in [3.63, 3.8) is 0 Å². The first kappa shape index (κ1) is 18.9. The van der Waals surface area contributed by atoms with Crippen LogP contribution in [0.4, 0.5) is 5.69 Å². The summed E-state index contributed by atoms with van der Waals surface area (Å²) in [5.41, 5.74) is 1.04. The molecule has 0 bridgehead atoms. The van der Waals surface area contributed by atoms with Gasteiger partial charge in [0.15, 0.2) is 5.69 Å². The van der Waals surface area contributed by atoms with E-state index in [1.54, 1.807) is 6.20 Å². The first-order chi connectivity index (χ1) is 13.8. The van der Waals surface area contributed by atoms with Crippen LogP contribution in [0.15, 0.2) is 30.5 Å². The minimum Gasteiger partial charge on any atom is -0.493 e. The molecule has 0 saturated carbocycles. The van der Waals surface area contributed by atoms with E-state index in [1.807, 2.05) is 28.9 Å². The maximum atomic E-state index is 12.4.